The van der Waals surface area contributed by atoms with Gasteiger partial charge in [0.2, 0.25) is 0 Å². The highest BCUT2D eigenvalue weighted by Crippen LogP contribution is 2.32. The number of ether oxygens (including phenoxy) is 1. The Morgan fingerprint density at radius 1 is 1.11 bits per heavy atom. The molecule has 7 nitrogen and oxygen atoms in total. The number of methoxy groups -OCH3 is 1. The zero-order valence-corrected chi connectivity index (χ0v) is 17.1. The van der Waals surface area contributed by atoms with Gasteiger partial charge in [0.15, 0.2) is 5.82 Å². The molecule has 1 aliphatic carbocycles. The zero-order chi connectivity index (χ0) is 19.3. The third-order valence-electron chi connectivity index (χ3n) is 6.31. The van der Waals surface area contributed by atoms with Crippen LogP contribution in [0.5, 0.6) is 5.75 Å². The van der Waals surface area contributed by atoms with Crippen molar-refractivity contribution in [2.45, 2.75) is 57.7 Å². The molecular formula is C21H32N6O. The van der Waals surface area contributed by atoms with Gasteiger partial charge in [0.25, 0.3) is 0 Å². The lowest BCUT2D eigenvalue weighted by atomic mass is 10.1. The molecule has 0 amide bonds. The lowest BCUT2D eigenvalue weighted by molar-refractivity contribution is 0.0829. The topological polar surface area (TPSA) is 59.3 Å². The van der Waals surface area contributed by atoms with E-state index in [1.807, 2.05) is 12.1 Å². The molecule has 1 saturated carbocycles. The molecule has 0 radical (unpaired) electrons. The molecule has 1 saturated heterocycles. The molecular weight excluding hydrogens is 352 g/mol. The van der Waals surface area contributed by atoms with Gasteiger partial charge in [-0.2, -0.15) is 0 Å². The average Bonchev–Trinajstić information content (AvgIpc) is 3.42. The van der Waals surface area contributed by atoms with Crippen LogP contribution in [0.15, 0.2) is 24.3 Å². The summed E-state index contributed by atoms with van der Waals surface area (Å²) in [6, 6.07) is 9.12. The molecule has 1 atom stereocenters. The summed E-state index contributed by atoms with van der Waals surface area (Å²) in [5, 5.41) is 12.8. The highest BCUT2D eigenvalue weighted by molar-refractivity contribution is 5.33. The Bertz CT molecular complexity index is 749. The van der Waals surface area contributed by atoms with E-state index in [4.69, 9.17) is 4.74 Å². The second-order valence-electron chi connectivity index (χ2n) is 7.97. The van der Waals surface area contributed by atoms with E-state index in [0.29, 0.717) is 12.1 Å². The summed E-state index contributed by atoms with van der Waals surface area (Å²) in [4.78, 5) is 5.08. The summed E-state index contributed by atoms with van der Waals surface area (Å²) in [5.74, 6) is 2.04. The van der Waals surface area contributed by atoms with Crippen molar-refractivity contribution in [1.29, 1.82) is 0 Å². The quantitative estimate of drug-likeness (QED) is 0.731. The summed E-state index contributed by atoms with van der Waals surface area (Å²) in [6.45, 7) is 7.39. The van der Waals surface area contributed by atoms with Crippen LogP contribution in [-0.2, 0) is 6.54 Å². The fourth-order valence-corrected chi connectivity index (χ4v) is 4.74. The highest BCUT2D eigenvalue weighted by Gasteiger charge is 2.30. The number of hydrogen-bond donors (Lipinski definition) is 0. The van der Waals surface area contributed by atoms with Crippen molar-refractivity contribution in [3.05, 3.63) is 35.7 Å². The van der Waals surface area contributed by atoms with E-state index >= 15 is 0 Å². The predicted molar refractivity (Wildman–Crippen MR) is 108 cm³/mol. The monoisotopic (exact) mass is 384 g/mol. The molecule has 2 fully saturated rings. The first-order valence-corrected chi connectivity index (χ1v) is 10.7. The number of tetrazole rings is 1. The fourth-order valence-electron chi connectivity index (χ4n) is 4.74. The summed E-state index contributed by atoms with van der Waals surface area (Å²) in [6.07, 6.45) is 6.05. The summed E-state index contributed by atoms with van der Waals surface area (Å²) in [5.41, 5.74) is 1.26. The number of benzene rings is 1. The lowest BCUT2D eigenvalue weighted by Crippen LogP contribution is -2.47. The number of para-hydroxylation sites is 1. The standard InChI is InChI=1S/C21H32N6O/c1-3-19(21-22-23-24-27(21)18-9-5-6-10-18)26-14-12-25(13-15-26)16-17-8-4-7-11-20(17)28-2/h4,7-8,11,18-19H,3,5-6,9-10,12-16H2,1-2H3/t19-/m0/s1. The number of hydrogen-bond acceptors (Lipinski definition) is 6. The maximum Gasteiger partial charge on any atom is 0.168 e. The summed E-state index contributed by atoms with van der Waals surface area (Å²) >= 11 is 0. The van der Waals surface area contributed by atoms with Crippen LogP contribution in [0.4, 0.5) is 0 Å². The first kappa shape index (κ1) is 19.3. The Morgan fingerprint density at radius 2 is 1.86 bits per heavy atom. The van der Waals surface area contributed by atoms with Crippen molar-refractivity contribution >= 4 is 0 Å². The minimum atomic E-state index is 0.309. The maximum absolute atomic E-state index is 5.51. The largest absolute Gasteiger partial charge is 0.496 e. The van der Waals surface area contributed by atoms with Crippen LogP contribution in [0.1, 0.15) is 62.5 Å². The highest BCUT2D eigenvalue weighted by atomic mass is 16.5. The van der Waals surface area contributed by atoms with Gasteiger partial charge in [-0.3, -0.25) is 9.80 Å². The minimum Gasteiger partial charge on any atom is -0.496 e. The van der Waals surface area contributed by atoms with E-state index in [1.54, 1.807) is 7.11 Å². The van der Waals surface area contributed by atoms with E-state index in [1.165, 1.54) is 31.2 Å². The molecule has 0 N–H and O–H groups in total. The van der Waals surface area contributed by atoms with Gasteiger partial charge < -0.3 is 4.74 Å². The molecule has 1 aliphatic heterocycles. The van der Waals surface area contributed by atoms with Gasteiger partial charge >= 0.3 is 0 Å². The van der Waals surface area contributed by atoms with Crippen LogP contribution in [0.3, 0.4) is 0 Å². The third kappa shape index (κ3) is 4.05. The van der Waals surface area contributed by atoms with Gasteiger partial charge in [-0.15, -0.1) is 5.10 Å². The smallest absolute Gasteiger partial charge is 0.168 e. The Morgan fingerprint density at radius 3 is 2.57 bits per heavy atom. The molecule has 1 aromatic carbocycles. The van der Waals surface area contributed by atoms with Crippen molar-refractivity contribution in [3.63, 3.8) is 0 Å². The SMILES string of the molecule is CC[C@@H](c1nnnn1C1CCCC1)N1CCN(Cc2ccccc2OC)CC1. The Balaban J connectivity index is 1.39. The van der Waals surface area contributed by atoms with Crippen molar-refractivity contribution in [2.75, 3.05) is 33.3 Å². The normalized spacial score (nSPS) is 20.5. The van der Waals surface area contributed by atoms with Crippen molar-refractivity contribution in [1.82, 2.24) is 30.0 Å². The van der Waals surface area contributed by atoms with Crippen LogP contribution in [0, 0.1) is 0 Å². The second kappa shape index (κ2) is 9.01. The van der Waals surface area contributed by atoms with Gasteiger partial charge in [0, 0.05) is 38.3 Å². The number of nitrogens with zero attached hydrogens (tertiary/aromatic N) is 6. The van der Waals surface area contributed by atoms with Gasteiger partial charge in [-0.05, 0) is 35.8 Å². The van der Waals surface area contributed by atoms with Gasteiger partial charge in [0.1, 0.15) is 5.75 Å². The molecule has 4 rings (SSSR count). The predicted octanol–water partition coefficient (Wildman–Crippen LogP) is 3.07. The van der Waals surface area contributed by atoms with Crippen LogP contribution in [-0.4, -0.2) is 63.3 Å². The Kier molecular flexibility index (Phi) is 6.22. The first-order chi connectivity index (χ1) is 13.8. The maximum atomic E-state index is 5.51. The Hall–Kier alpha value is -1.99. The summed E-state index contributed by atoms with van der Waals surface area (Å²) < 4.78 is 7.64. The van der Waals surface area contributed by atoms with E-state index in [9.17, 15) is 0 Å². The first-order valence-electron chi connectivity index (χ1n) is 10.7. The second-order valence-corrected chi connectivity index (χ2v) is 7.97. The van der Waals surface area contributed by atoms with Gasteiger partial charge in [-0.1, -0.05) is 38.0 Å². The van der Waals surface area contributed by atoms with Crippen molar-refractivity contribution in [2.24, 2.45) is 0 Å². The number of rotatable bonds is 7. The van der Waals surface area contributed by atoms with Crippen LogP contribution in [0.25, 0.3) is 0 Å². The molecule has 0 unspecified atom stereocenters. The molecule has 2 heterocycles. The molecule has 1 aromatic heterocycles. The van der Waals surface area contributed by atoms with Crippen LogP contribution < -0.4 is 4.74 Å². The molecule has 0 bridgehead atoms. The number of aromatic nitrogens is 4. The van der Waals surface area contributed by atoms with E-state index in [2.05, 4.69) is 49.1 Å². The molecule has 0 spiro atoms. The average molecular weight is 385 g/mol. The third-order valence-corrected chi connectivity index (χ3v) is 6.31. The lowest BCUT2D eigenvalue weighted by Gasteiger charge is -2.38. The van der Waals surface area contributed by atoms with E-state index < -0.39 is 0 Å². The molecule has 152 valence electrons. The van der Waals surface area contributed by atoms with Crippen LogP contribution >= 0.6 is 0 Å². The van der Waals surface area contributed by atoms with E-state index in [0.717, 1.165) is 50.7 Å². The van der Waals surface area contributed by atoms with Crippen molar-refractivity contribution < 1.29 is 4.74 Å². The molecule has 28 heavy (non-hydrogen) atoms. The minimum absolute atomic E-state index is 0.309. The molecule has 7 heteroatoms. The van der Waals surface area contributed by atoms with Crippen LogP contribution in [0.2, 0.25) is 0 Å². The molecule has 2 aromatic rings. The van der Waals surface area contributed by atoms with Gasteiger partial charge in [-0.25, -0.2) is 4.68 Å². The zero-order valence-electron chi connectivity index (χ0n) is 17.1. The Labute approximate surface area is 167 Å². The fraction of sp³-hybridized carbons (Fsp3) is 0.667. The van der Waals surface area contributed by atoms with Gasteiger partial charge in [0.05, 0.1) is 19.2 Å². The summed E-state index contributed by atoms with van der Waals surface area (Å²) in [7, 11) is 1.75. The van der Waals surface area contributed by atoms with E-state index in [-0.39, 0.29) is 0 Å². The van der Waals surface area contributed by atoms with Crippen molar-refractivity contribution in [3.8, 4) is 5.75 Å². The molecule has 2 aliphatic rings. The number of piperazine rings is 1.